The van der Waals surface area contributed by atoms with Gasteiger partial charge in [0.05, 0.1) is 11.7 Å². The fraction of sp³-hybridized carbons (Fsp3) is 0.562. The van der Waals surface area contributed by atoms with E-state index in [-0.39, 0.29) is 0 Å². The Labute approximate surface area is 136 Å². The molecule has 0 aliphatic rings. The van der Waals surface area contributed by atoms with Crippen LogP contribution < -0.4 is 10.2 Å². The first-order valence-corrected chi connectivity index (χ1v) is 9.32. The highest BCUT2D eigenvalue weighted by Gasteiger charge is 2.18. The summed E-state index contributed by atoms with van der Waals surface area (Å²) in [6.45, 7) is 8.54. The summed E-state index contributed by atoms with van der Waals surface area (Å²) in [5.41, 5.74) is 1.27. The molecule has 1 N–H and O–H groups in total. The number of aryl methyl sites for hydroxylation is 1. The highest BCUT2D eigenvalue weighted by atomic mass is 32.1. The van der Waals surface area contributed by atoms with Crippen LogP contribution in [-0.4, -0.2) is 18.6 Å². The van der Waals surface area contributed by atoms with Crippen molar-refractivity contribution in [3.63, 3.8) is 0 Å². The normalized spacial score (nSPS) is 12.6. The van der Waals surface area contributed by atoms with E-state index < -0.39 is 0 Å². The van der Waals surface area contributed by atoms with Gasteiger partial charge >= 0.3 is 0 Å². The van der Waals surface area contributed by atoms with Crippen LogP contribution in [0.4, 0.5) is 5.13 Å². The van der Waals surface area contributed by atoms with Crippen molar-refractivity contribution < 1.29 is 0 Å². The Hall–Kier alpha value is -0.910. The summed E-state index contributed by atoms with van der Waals surface area (Å²) in [6.07, 6.45) is 2.21. The molecule has 2 aromatic rings. The highest BCUT2D eigenvalue weighted by Crippen LogP contribution is 2.33. The second kappa shape index (κ2) is 7.92. The third kappa shape index (κ3) is 4.05. The molecule has 2 aromatic heterocycles. The lowest BCUT2D eigenvalue weighted by Gasteiger charge is -2.23. The minimum Gasteiger partial charge on any atom is -0.344 e. The van der Waals surface area contributed by atoms with E-state index in [1.54, 1.807) is 0 Å². The van der Waals surface area contributed by atoms with Gasteiger partial charge in [-0.25, -0.2) is 4.98 Å². The van der Waals surface area contributed by atoms with Gasteiger partial charge in [-0.3, -0.25) is 0 Å². The van der Waals surface area contributed by atoms with Crippen LogP contribution in [0.2, 0.25) is 0 Å². The fourth-order valence-corrected chi connectivity index (χ4v) is 4.16. The second-order valence-electron chi connectivity index (χ2n) is 5.20. The predicted molar refractivity (Wildman–Crippen MR) is 94.6 cm³/mol. The highest BCUT2D eigenvalue weighted by molar-refractivity contribution is 7.15. The van der Waals surface area contributed by atoms with Gasteiger partial charge in [-0.1, -0.05) is 26.3 Å². The zero-order valence-electron chi connectivity index (χ0n) is 13.3. The third-order valence-corrected chi connectivity index (χ3v) is 5.86. The maximum Gasteiger partial charge on any atom is 0.186 e. The molecule has 0 saturated heterocycles. The van der Waals surface area contributed by atoms with Crippen molar-refractivity contribution in [2.75, 3.05) is 18.5 Å². The molecule has 21 heavy (non-hydrogen) atoms. The van der Waals surface area contributed by atoms with Gasteiger partial charge in [0.15, 0.2) is 5.13 Å². The molecule has 0 spiro atoms. The molecule has 0 aromatic carbocycles. The molecule has 3 nitrogen and oxygen atoms in total. The molecule has 5 heteroatoms. The van der Waals surface area contributed by atoms with Gasteiger partial charge in [-0.05, 0) is 31.3 Å². The topological polar surface area (TPSA) is 28.2 Å². The van der Waals surface area contributed by atoms with Gasteiger partial charge in [0.1, 0.15) is 0 Å². The Kier molecular flexibility index (Phi) is 6.21. The first-order chi connectivity index (χ1) is 10.2. The first-order valence-electron chi connectivity index (χ1n) is 7.62. The quantitative estimate of drug-likeness (QED) is 0.777. The van der Waals surface area contributed by atoms with E-state index in [1.165, 1.54) is 15.4 Å². The van der Waals surface area contributed by atoms with Gasteiger partial charge in [0, 0.05) is 23.3 Å². The Balaban J connectivity index is 2.18. The number of nitrogens with zero attached hydrogens (tertiary/aromatic N) is 2. The average Bonchev–Trinajstić information content (AvgIpc) is 3.14. The Morgan fingerprint density at radius 2 is 2.19 bits per heavy atom. The number of aromatic nitrogens is 1. The van der Waals surface area contributed by atoms with Gasteiger partial charge in [-0.15, -0.1) is 22.7 Å². The number of hydrogen-bond acceptors (Lipinski definition) is 5. The number of hydrogen-bond donors (Lipinski definition) is 1. The SMILES string of the molecule is CCCc1nc(N(C)C(C)c2cccs2)sc1CNCC. The minimum absolute atomic E-state index is 0.373. The molecule has 0 radical (unpaired) electrons. The van der Waals surface area contributed by atoms with E-state index in [0.717, 1.165) is 31.1 Å². The van der Waals surface area contributed by atoms with Gasteiger partial charge in [-0.2, -0.15) is 0 Å². The van der Waals surface area contributed by atoms with Crippen molar-refractivity contribution >= 4 is 27.8 Å². The number of thiophene rings is 1. The van der Waals surface area contributed by atoms with Crippen LogP contribution in [0.25, 0.3) is 0 Å². The Bertz CT molecular complexity index is 534. The lowest BCUT2D eigenvalue weighted by Crippen LogP contribution is -2.20. The van der Waals surface area contributed by atoms with Crippen molar-refractivity contribution in [3.05, 3.63) is 33.0 Å². The van der Waals surface area contributed by atoms with Crippen LogP contribution in [-0.2, 0) is 13.0 Å². The molecule has 1 atom stereocenters. The molecule has 0 fully saturated rings. The Morgan fingerprint density at radius 1 is 1.38 bits per heavy atom. The van der Waals surface area contributed by atoms with E-state index >= 15 is 0 Å². The molecule has 0 amide bonds. The third-order valence-electron chi connectivity index (χ3n) is 3.63. The van der Waals surface area contributed by atoms with Crippen LogP contribution >= 0.6 is 22.7 Å². The molecule has 116 valence electrons. The van der Waals surface area contributed by atoms with Gasteiger partial charge in [0.2, 0.25) is 0 Å². The standard InChI is InChI=1S/C16H25N3S2/c1-5-8-13-15(11-17-6-2)21-16(18-13)19(4)12(3)14-9-7-10-20-14/h7,9-10,12,17H,5-6,8,11H2,1-4H3. The monoisotopic (exact) mass is 323 g/mol. The number of rotatable bonds is 8. The molecular weight excluding hydrogens is 298 g/mol. The largest absolute Gasteiger partial charge is 0.344 e. The van der Waals surface area contributed by atoms with Crippen molar-refractivity contribution in [1.29, 1.82) is 0 Å². The van der Waals surface area contributed by atoms with Crippen molar-refractivity contribution in [2.45, 2.75) is 46.2 Å². The van der Waals surface area contributed by atoms with Crippen molar-refractivity contribution in [3.8, 4) is 0 Å². The number of nitrogens with one attached hydrogen (secondary N) is 1. The van der Waals surface area contributed by atoms with Gasteiger partial charge in [0.25, 0.3) is 0 Å². The predicted octanol–water partition coefficient (Wildman–Crippen LogP) is 4.46. The minimum atomic E-state index is 0.373. The van der Waals surface area contributed by atoms with Crippen molar-refractivity contribution in [2.24, 2.45) is 0 Å². The van der Waals surface area contributed by atoms with E-state index in [2.05, 4.69) is 55.5 Å². The van der Waals surface area contributed by atoms with Crippen LogP contribution in [0.1, 0.15) is 48.7 Å². The smallest absolute Gasteiger partial charge is 0.186 e. The molecule has 2 heterocycles. The van der Waals surface area contributed by atoms with Gasteiger partial charge < -0.3 is 10.2 Å². The lowest BCUT2D eigenvalue weighted by molar-refractivity contribution is 0.721. The molecule has 0 aliphatic heterocycles. The average molecular weight is 324 g/mol. The molecule has 1 unspecified atom stereocenters. The summed E-state index contributed by atoms with van der Waals surface area (Å²) in [6, 6.07) is 4.69. The van der Waals surface area contributed by atoms with Crippen LogP contribution in [0.3, 0.4) is 0 Å². The molecule has 0 saturated carbocycles. The van der Waals surface area contributed by atoms with E-state index in [4.69, 9.17) is 4.98 Å². The second-order valence-corrected chi connectivity index (χ2v) is 7.24. The first kappa shape index (κ1) is 16.5. The van der Waals surface area contributed by atoms with E-state index in [9.17, 15) is 0 Å². The van der Waals surface area contributed by atoms with Crippen LogP contribution in [0.5, 0.6) is 0 Å². The summed E-state index contributed by atoms with van der Waals surface area (Å²) in [5, 5.41) is 6.70. The van der Waals surface area contributed by atoms with Crippen LogP contribution in [0, 0.1) is 0 Å². The number of anilines is 1. The maximum absolute atomic E-state index is 4.89. The van der Waals surface area contributed by atoms with E-state index in [0.29, 0.717) is 6.04 Å². The molecular formula is C16H25N3S2. The molecule has 0 aliphatic carbocycles. The maximum atomic E-state index is 4.89. The molecule has 0 bridgehead atoms. The zero-order valence-corrected chi connectivity index (χ0v) is 15.0. The number of thiazole rings is 1. The summed E-state index contributed by atoms with van der Waals surface area (Å²) in [7, 11) is 2.15. The zero-order chi connectivity index (χ0) is 15.2. The summed E-state index contributed by atoms with van der Waals surface area (Å²) in [4.78, 5) is 9.96. The Morgan fingerprint density at radius 3 is 2.81 bits per heavy atom. The summed E-state index contributed by atoms with van der Waals surface area (Å²) < 4.78 is 0. The lowest BCUT2D eigenvalue weighted by atomic mass is 10.2. The van der Waals surface area contributed by atoms with Crippen molar-refractivity contribution in [1.82, 2.24) is 10.3 Å². The van der Waals surface area contributed by atoms with Crippen LogP contribution in [0.15, 0.2) is 17.5 Å². The summed E-state index contributed by atoms with van der Waals surface area (Å²) >= 11 is 3.64. The molecule has 2 rings (SSSR count). The summed E-state index contributed by atoms with van der Waals surface area (Å²) in [5.74, 6) is 0. The fourth-order valence-electron chi connectivity index (χ4n) is 2.21. The van der Waals surface area contributed by atoms with E-state index in [1.807, 2.05) is 22.7 Å².